The van der Waals surface area contributed by atoms with Gasteiger partial charge in [0.1, 0.15) is 6.54 Å². The number of nitrogens with one attached hydrogen (secondary N) is 1. The molecular formula is C14H26N2O3. The molecule has 19 heavy (non-hydrogen) atoms. The first-order valence-corrected chi connectivity index (χ1v) is 6.97. The highest BCUT2D eigenvalue weighted by atomic mass is 16.4. The van der Waals surface area contributed by atoms with Crippen LogP contribution in [0.15, 0.2) is 0 Å². The Balaban J connectivity index is 2.99. The smallest absolute Gasteiger partial charge is 0.323 e. The van der Waals surface area contributed by atoms with E-state index in [0.29, 0.717) is 0 Å². The highest BCUT2D eigenvalue weighted by Crippen LogP contribution is 2.36. The van der Waals surface area contributed by atoms with Gasteiger partial charge < -0.3 is 15.3 Å². The fraction of sp³-hybridized carbons (Fsp3) is 0.857. The second-order valence-corrected chi connectivity index (χ2v) is 6.34. The summed E-state index contributed by atoms with van der Waals surface area (Å²) in [6.45, 7) is 9.10. The van der Waals surface area contributed by atoms with Crippen LogP contribution in [0.3, 0.4) is 0 Å². The third-order valence-corrected chi connectivity index (χ3v) is 4.04. The number of piperidine rings is 1. The zero-order valence-electron chi connectivity index (χ0n) is 12.5. The van der Waals surface area contributed by atoms with Gasteiger partial charge in [0.2, 0.25) is 5.91 Å². The Morgan fingerprint density at radius 2 is 1.79 bits per heavy atom. The summed E-state index contributed by atoms with van der Waals surface area (Å²) >= 11 is 0. The standard InChI is InChI=1S/C14H26N2O3/c1-5-14(6-8-15-9-7-14)12(19)16(10-11(17)18)13(2,3)4/h15H,5-10H2,1-4H3,(H,17,18). The molecule has 0 atom stereocenters. The lowest BCUT2D eigenvalue weighted by Gasteiger charge is -2.44. The second kappa shape index (κ2) is 5.90. The van der Waals surface area contributed by atoms with Gasteiger partial charge in [-0.3, -0.25) is 9.59 Å². The normalized spacial score (nSPS) is 18.9. The van der Waals surface area contributed by atoms with Crippen LogP contribution in [0, 0.1) is 5.41 Å². The van der Waals surface area contributed by atoms with Crippen molar-refractivity contribution in [2.75, 3.05) is 19.6 Å². The minimum atomic E-state index is -0.955. The van der Waals surface area contributed by atoms with Crippen molar-refractivity contribution in [3.8, 4) is 0 Å². The minimum Gasteiger partial charge on any atom is -0.480 e. The van der Waals surface area contributed by atoms with E-state index in [4.69, 9.17) is 5.11 Å². The first-order chi connectivity index (χ1) is 8.73. The molecule has 0 saturated carbocycles. The van der Waals surface area contributed by atoms with Gasteiger partial charge in [0, 0.05) is 5.54 Å². The van der Waals surface area contributed by atoms with Crippen LogP contribution >= 0.6 is 0 Å². The summed E-state index contributed by atoms with van der Waals surface area (Å²) in [6.07, 6.45) is 2.34. The molecule has 1 fully saturated rings. The topological polar surface area (TPSA) is 69.6 Å². The van der Waals surface area contributed by atoms with E-state index >= 15 is 0 Å². The zero-order chi connectivity index (χ0) is 14.7. The summed E-state index contributed by atoms with van der Waals surface area (Å²) in [5.74, 6) is -0.963. The number of nitrogens with zero attached hydrogens (tertiary/aromatic N) is 1. The van der Waals surface area contributed by atoms with Crippen molar-refractivity contribution >= 4 is 11.9 Å². The summed E-state index contributed by atoms with van der Waals surface area (Å²) in [5.41, 5.74) is -0.865. The summed E-state index contributed by atoms with van der Waals surface area (Å²) < 4.78 is 0. The Morgan fingerprint density at radius 3 is 2.16 bits per heavy atom. The Kier molecular flexibility index (Phi) is 4.96. The van der Waals surface area contributed by atoms with Crippen LogP contribution in [0.25, 0.3) is 0 Å². The van der Waals surface area contributed by atoms with Crippen molar-refractivity contribution < 1.29 is 14.7 Å². The van der Waals surface area contributed by atoms with Crippen molar-refractivity contribution in [3.63, 3.8) is 0 Å². The predicted molar refractivity (Wildman–Crippen MR) is 73.9 cm³/mol. The minimum absolute atomic E-state index is 0.00796. The van der Waals surface area contributed by atoms with E-state index in [1.54, 1.807) is 0 Å². The summed E-state index contributed by atoms with van der Waals surface area (Å²) in [4.78, 5) is 25.4. The lowest BCUT2D eigenvalue weighted by Crippen LogP contribution is -2.56. The average Bonchev–Trinajstić information content (AvgIpc) is 2.34. The molecule has 0 spiro atoms. The molecule has 0 radical (unpaired) electrons. The number of hydrogen-bond donors (Lipinski definition) is 2. The van der Waals surface area contributed by atoms with Gasteiger partial charge in [-0.1, -0.05) is 6.92 Å². The lowest BCUT2D eigenvalue weighted by atomic mass is 9.74. The molecule has 1 saturated heterocycles. The quantitative estimate of drug-likeness (QED) is 0.812. The number of carbonyl (C=O) groups excluding carboxylic acids is 1. The van der Waals surface area contributed by atoms with E-state index in [0.717, 1.165) is 32.4 Å². The molecule has 1 aliphatic heterocycles. The zero-order valence-corrected chi connectivity index (χ0v) is 12.5. The van der Waals surface area contributed by atoms with Crippen molar-refractivity contribution in [1.82, 2.24) is 10.2 Å². The summed E-state index contributed by atoms with van der Waals surface area (Å²) in [6, 6.07) is 0. The van der Waals surface area contributed by atoms with Gasteiger partial charge in [-0.05, 0) is 53.1 Å². The molecule has 1 aliphatic rings. The number of aliphatic carboxylic acids is 1. The summed E-state index contributed by atoms with van der Waals surface area (Å²) in [7, 11) is 0. The lowest BCUT2D eigenvalue weighted by molar-refractivity contribution is -0.156. The highest BCUT2D eigenvalue weighted by Gasteiger charge is 2.43. The van der Waals surface area contributed by atoms with E-state index < -0.39 is 16.9 Å². The van der Waals surface area contributed by atoms with E-state index in [9.17, 15) is 9.59 Å². The Labute approximate surface area is 115 Å². The van der Waals surface area contributed by atoms with Crippen molar-refractivity contribution in [3.05, 3.63) is 0 Å². The molecule has 0 aromatic rings. The fourth-order valence-corrected chi connectivity index (χ4v) is 2.66. The van der Waals surface area contributed by atoms with Gasteiger partial charge in [0.05, 0.1) is 5.41 Å². The second-order valence-electron chi connectivity index (χ2n) is 6.34. The van der Waals surface area contributed by atoms with Crippen molar-refractivity contribution in [2.24, 2.45) is 5.41 Å². The SMILES string of the molecule is CCC1(C(=O)N(CC(=O)O)C(C)(C)C)CCNCC1. The number of carboxylic acids is 1. The molecule has 1 heterocycles. The molecule has 0 aromatic carbocycles. The van der Waals surface area contributed by atoms with E-state index in [1.165, 1.54) is 4.90 Å². The van der Waals surface area contributed by atoms with Crippen LogP contribution in [0.5, 0.6) is 0 Å². The predicted octanol–water partition coefficient (Wildman–Crippen LogP) is 1.48. The van der Waals surface area contributed by atoms with Crippen molar-refractivity contribution in [2.45, 2.75) is 52.5 Å². The van der Waals surface area contributed by atoms with Gasteiger partial charge in [-0.25, -0.2) is 0 Å². The third-order valence-electron chi connectivity index (χ3n) is 4.04. The van der Waals surface area contributed by atoms with Crippen LogP contribution < -0.4 is 5.32 Å². The van der Waals surface area contributed by atoms with Crippen LogP contribution in [-0.2, 0) is 9.59 Å². The monoisotopic (exact) mass is 270 g/mol. The third kappa shape index (κ3) is 3.69. The Hall–Kier alpha value is -1.10. The van der Waals surface area contributed by atoms with Crippen LogP contribution in [0.2, 0.25) is 0 Å². The molecule has 1 amide bonds. The molecule has 1 rings (SSSR count). The van der Waals surface area contributed by atoms with E-state index in [1.807, 2.05) is 27.7 Å². The highest BCUT2D eigenvalue weighted by molar-refractivity contribution is 5.86. The number of carboxylic acid groups (broad SMARTS) is 1. The first-order valence-electron chi connectivity index (χ1n) is 6.97. The number of carbonyl (C=O) groups is 2. The maximum atomic E-state index is 12.9. The van der Waals surface area contributed by atoms with Crippen LogP contribution in [0.4, 0.5) is 0 Å². The van der Waals surface area contributed by atoms with Gasteiger partial charge in [0.25, 0.3) is 0 Å². The van der Waals surface area contributed by atoms with Gasteiger partial charge >= 0.3 is 5.97 Å². The molecule has 110 valence electrons. The molecule has 2 N–H and O–H groups in total. The van der Waals surface area contributed by atoms with Gasteiger partial charge in [-0.2, -0.15) is 0 Å². The van der Waals surface area contributed by atoms with E-state index in [-0.39, 0.29) is 12.5 Å². The fourth-order valence-electron chi connectivity index (χ4n) is 2.66. The molecule has 0 aromatic heterocycles. The first kappa shape index (κ1) is 16.0. The summed E-state index contributed by atoms with van der Waals surface area (Å²) in [5, 5.41) is 12.3. The Morgan fingerprint density at radius 1 is 1.26 bits per heavy atom. The molecule has 0 unspecified atom stereocenters. The Bertz CT molecular complexity index is 341. The molecule has 0 aliphatic carbocycles. The molecule has 5 nitrogen and oxygen atoms in total. The van der Waals surface area contributed by atoms with Crippen LogP contribution in [-0.4, -0.2) is 47.1 Å². The van der Waals surface area contributed by atoms with Gasteiger partial charge in [-0.15, -0.1) is 0 Å². The number of rotatable bonds is 4. The van der Waals surface area contributed by atoms with Crippen molar-refractivity contribution in [1.29, 1.82) is 0 Å². The number of hydrogen-bond acceptors (Lipinski definition) is 3. The number of amides is 1. The maximum absolute atomic E-state index is 12.9. The molecule has 5 heteroatoms. The van der Waals surface area contributed by atoms with Gasteiger partial charge in [0.15, 0.2) is 0 Å². The molecular weight excluding hydrogens is 244 g/mol. The van der Waals surface area contributed by atoms with E-state index in [2.05, 4.69) is 5.32 Å². The maximum Gasteiger partial charge on any atom is 0.323 e. The average molecular weight is 270 g/mol. The molecule has 0 bridgehead atoms. The van der Waals surface area contributed by atoms with Crippen LogP contribution in [0.1, 0.15) is 47.0 Å². The largest absolute Gasteiger partial charge is 0.480 e.